The second kappa shape index (κ2) is 6.58. The van der Waals surface area contributed by atoms with Gasteiger partial charge in [0, 0.05) is 22.0 Å². The van der Waals surface area contributed by atoms with E-state index in [1.165, 1.54) is 28.8 Å². The van der Waals surface area contributed by atoms with Crippen molar-refractivity contribution in [1.82, 2.24) is 4.90 Å². The number of nitrogens with two attached hydrogens (primary N) is 1. The molecule has 21 heavy (non-hydrogen) atoms. The summed E-state index contributed by atoms with van der Waals surface area (Å²) in [7, 11) is 0. The summed E-state index contributed by atoms with van der Waals surface area (Å²) < 4.78 is 0. The van der Waals surface area contributed by atoms with Gasteiger partial charge >= 0.3 is 5.97 Å². The van der Waals surface area contributed by atoms with Crippen molar-refractivity contribution >= 4 is 40.9 Å². The third kappa shape index (κ3) is 3.44. The van der Waals surface area contributed by atoms with Crippen LogP contribution >= 0.6 is 23.4 Å². The molecule has 0 aliphatic carbocycles. The number of anilines is 1. The monoisotopic (exact) mass is 328 g/mol. The van der Waals surface area contributed by atoms with E-state index < -0.39 is 12.0 Å². The third-order valence-corrected chi connectivity index (χ3v) is 4.89. The lowest BCUT2D eigenvalue weighted by Crippen LogP contribution is -2.45. The number of benzene rings is 1. The number of hydrogen-bond donors (Lipinski definition) is 2. The van der Waals surface area contributed by atoms with Gasteiger partial charge in [0.2, 0.25) is 0 Å². The number of hydrogen-bond acceptors (Lipinski definition) is 4. The number of halogens is 1. The average molecular weight is 329 g/mol. The lowest BCUT2D eigenvalue weighted by atomic mass is 10.1. The van der Waals surface area contributed by atoms with Gasteiger partial charge < -0.3 is 15.7 Å². The summed E-state index contributed by atoms with van der Waals surface area (Å²) in [5.74, 6) is -0.911. The summed E-state index contributed by atoms with van der Waals surface area (Å²) in [6, 6.07) is 3.79. The van der Waals surface area contributed by atoms with Gasteiger partial charge in [0.25, 0.3) is 5.91 Å². The van der Waals surface area contributed by atoms with E-state index in [4.69, 9.17) is 17.3 Å². The van der Waals surface area contributed by atoms with Crippen LogP contribution in [-0.4, -0.2) is 39.1 Å². The Hall–Kier alpha value is -1.40. The topological polar surface area (TPSA) is 83.6 Å². The molecule has 0 radical (unpaired) electrons. The van der Waals surface area contributed by atoms with Crippen LogP contribution in [0.2, 0.25) is 5.02 Å². The van der Waals surface area contributed by atoms with Crippen LogP contribution in [0.15, 0.2) is 18.2 Å². The van der Waals surface area contributed by atoms with Gasteiger partial charge in [-0.05, 0) is 24.6 Å². The molecule has 0 bridgehead atoms. The van der Waals surface area contributed by atoms with Crippen LogP contribution in [-0.2, 0) is 4.79 Å². The molecule has 1 aliphatic rings. The standard InChI is InChI=1S/C14H17ClN2O3S/c1-2-3-12-17(11(7-21-12)14(19)20)13(18)8-4-9(15)6-10(16)5-8/h4-6,11-12H,2-3,7,16H2,1H3,(H,19,20). The Morgan fingerprint density at radius 2 is 2.19 bits per heavy atom. The molecule has 0 saturated carbocycles. The maximum atomic E-state index is 12.7. The Labute approximate surface area is 132 Å². The second-order valence-corrected chi connectivity index (χ2v) is 6.56. The summed E-state index contributed by atoms with van der Waals surface area (Å²) in [4.78, 5) is 25.5. The van der Waals surface area contributed by atoms with Crippen molar-refractivity contribution in [3.05, 3.63) is 28.8 Å². The summed E-state index contributed by atoms with van der Waals surface area (Å²) >= 11 is 7.43. The Morgan fingerprint density at radius 1 is 1.48 bits per heavy atom. The molecule has 3 N–H and O–H groups in total. The van der Waals surface area contributed by atoms with Gasteiger partial charge in [-0.15, -0.1) is 11.8 Å². The van der Waals surface area contributed by atoms with E-state index in [1.807, 2.05) is 6.92 Å². The predicted molar refractivity (Wildman–Crippen MR) is 84.6 cm³/mol. The minimum absolute atomic E-state index is 0.121. The summed E-state index contributed by atoms with van der Waals surface area (Å²) in [5.41, 5.74) is 6.42. The van der Waals surface area contributed by atoms with Crippen LogP contribution < -0.4 is 5.73 Å². The zero-order valence-corrected chi connectivity index (χ0v) is 13.2. The Morgan fingerprint density at radius 3 is 2.76 bits per heavy atom. The molecular weight excluding hydrogens is 312 g/mol. The van der Waals surface area contributed by atoms with Crippen molar-refractivity contribution in [2.45, 2.75) is 31.2 Å². The zero-order valence-electron chi connectivity index (χ0n) is 11.6. The SMILES string of the molecule is CCCC1SCC(C(=O)O)N1C(=O)c1cc(N)cc(Cl)c1. The number of rotatable bonds is 4. The molecule has 1 aliphatic heterocycles. The highest BCUT2D eigenvalue weighted by molar-refractivity contribution is 8.00. The van der Waals surface area contributed by atoms with Crippen molar-refractivity contribution in [3.8, 4) is 0 Å². The van der Waals surface area contributed by atoms with Crippen LogP contribution in [0.3, 0.4) is 0 Å². The number of aliphatic carboxylic acids is 1. The predicted octanol–water partition coefficient (Wildman–Crippen LogP) is 2.69. The number of carbonyl (C=O) groups is 2. The van der Waals surface area contributed by atoms with E-state index in [0.29, 0.717) is 22.0 Å². The molecule has 0 aromatic heterocycles. The maximum absolute atomic E-state index is 12.7. The van der Waals surface area contributed by atoms with Crippen molar-refractivity contribution in [2.75, 3.05) is 11.5 Å². The number of nitrogens with zero attached hydrogens (tertiary/aromatic N) is 1. The first-order chi connectivity index (χ1) is 9.93. The van der Waals surface area contributed by atoms with Crippen LogP contribution in [0.1, 0.15) is 30.1 Å². The van der Waals surface area contributed by atoms with Gasteiger partial charge in [0.15, 0.2) is 0 Å². The number of carbonyl (C=O) groups excluding carboxylic acids is 1. The maximum Gasteiger partial charge on any atom is 0.327 e. The molecule has 5 nitrogen and oxygen atoms in total. The number of carboxylic acids is 1. The number of amides is 1. The van der Waals surface area contributed by atoms with Crippen molar-refractivity contribution in [3.63, 3.8) is 0 Å². The normalized spacial score (nSPS) is 21.5. The second-order valence-electron chi connectivity index (χ2n) is 4.92. The number of nitrogen functional groups attached to an aromatic ring is 1. The van der Waals surface area contributed by atoms with Crippen LogP contribution in [0, 0.1) is 0 Å². The van der Waals surface area contributed by atoms with Crippen molar-refractivity contribution in [2.24, 2.45) is 0 Å². The molecule has 2 atom stereocenters. The molecule has 2 unspecified atom stereocenters. The molecule has 1 heterocycles. The van der Waals surface area contributed by atoms with E-state index in [0.717, 1.165) is 12.8 Å². The van der Waals surface area contributed by atoms with E-state index >= 15 is 0 Å². The molecule has 2 rings (SSSR count). The quantitative estimate of drug-likeness (QED) is 0.830. The average Bonchev–Trinajstić information content (AvgIpc) is 2.81. The first-order valence-corrected chi connectivity index (χ1v) is 8.09. The van der Waals surface area contributed by atoms with Crippen molar-refractivity contribution < 1.29 is 14.7 Å². The third-order valence-electron chi connectivity index (χ3n) is 3.31. The van der Waals surface area contributed by atoms with E-state index in [2.05, 4.69) is 0 Å². The molecule has 1 saturated heterocycles. The van der Waals surface area contributed by atoms with Crippen LogP contribution in [0.4, 0.5) is 5.69 Å². The highest BCUT2D eigenvalue weighted by Gasteiger charge is 2.41. The Kier molecular flexibility index (Phi) is 5.00. The number of thioether (sulfide) groups is 1. The van der Waals surface area contributed by atoms with Gasteiger partial charge in [-0.1, -0.05) is 24.9 Å². The largest absolute Gasteiger partial charge is 0.480 e. The molecule has 1 fully saturated rings. The minimum Gasteiger partial charge on any atom is -0.480 e. The van der Waals surface area contributed by atoms with Gasteiger partial charge in [0.05, 0.1) is 5.37 Å². The molecule has 7 heteroatoms. The fraction of sp³-hybridized carbons (Fsp3) is 0.429. The van der Waals surface area contributed by atoms with E-state index in [-0.39, 0.29) is 11.3 Å². The van der Waals surface area contributed by atoms with Gasteiger partial charge in [-0.3, -0.25) is 4.79 Å². The van der Waals surface area contributed by atoms with Crippen LogP contribution in [0.25, 0.3) is 0 Å². The summed E-state index contributed by atoms with van der Waals surface area (Å²) in [6.07, 6.45) is 1.64. The van der Waals surface area contributed by atoms with Crippen molar-refractivity contribution in [1.29, 1.82) is 0 Å². The first-order valence-electron chi connectivity index (χ1n) is 6.67. The molecule has 1 aromatic rings. The van der Waals surface area contributed by atoms with Gasteiger partial charge in [-0.25, -0.2) is 4.79 Å². The molecule has 1 aromatic carbocycles. The van der Waals surface area contributed by atoms with E-state index in [1.54, 1.807) is 6.07 Å². The molecule has 1 amide bonds. The molecule has 114 valence electrons. The fourth-order valence-electron chi connectivity index (χ4n) is 2.38. The lowest BCUT2D eigenvalue weighted by molar-refractivity contribution is -0.141. The molecule has 0 spiro atoms. The van der Waals surface area contributed by atoms with Gasteiger partial charge in [-0.2, -0.15) is 0 Å². The summed E-state index contributed by atoms with van der Waals surface area (Å²) in [6.45, 7) is 2.01. The molecular formula is C14H17ClN2O3S. The minimum atomic E-state index is -0.982. The highest BCUT2D eigenvalue weighted by atomic mass is 35.5. The smallest absolute Gasteiger partial charge is 0.327 e. The fourth-order valence-corrected chi connectivity index (χ4v) is 4.14. The lowest BCUT2D eigenvalue weighted by Gasteiger charge is -2.27. The first kappa shape index (κ1) is 16.0. The summed E-state index contributed by atoms with van der Waals surface area (Å²) in [5, 5.41) is 9.56. The van der Waals surface area contributed by atoms with Gasteiger partial charge in [0.1, 0.15) is 6.04 Å². The number of carboxylic acid groups (broad SMARTS) is 1. The van der Waals surface area contributed by atoms with E-state index in [9.17, 15) is 14.7 Å². The van der Waals surface area contributed by atoms with Crippen LogP contribution in [0.5, 0.6) is 0 Å². The Bertz CT molecular complexity index is 547. The Balaban J connectivity index is 2.34. The zero-order chi connectivity index (χ0) is 15.6. The highest BCUT2D eigenvalue weighted by Crippen LogP contribution is 2.34.